The molecule has 0 aliphatic rings. The van der Waals surface area contributed by atoms with Gasteiger partial charge in [0.15, 0.2) is 11.9 Å². The van der Waals surface area contributed by atoms with Crippen LogP contribution >= 0.6 is 0 Å². The molecule has 1 aromatic carbocycles. The van der Waals surface area contributed by atoms with Gasteiger partial charge in [0.2, 0.25) is 0 Å². The molecule has 0 radical (unpaired) electrons. The second-order valence-electron chi connectivity index (χ2n) is 5.20. The summed E-state index contributed by atoms with van der Waals surface area (Å²) in [5.41, 5.74) is 0.218. The summed E-state index contributed by atoms with van der Waals surface area (Å²) in [5, 5.41) is 11.9. The Labute approximate surface area is 136 Å². The fourth-order valence-corrected chi connectivity index (χ4v) is 2.15. The van der Waals surface area contributed by atoms with E-state index in [-0.39, 0.29) is 24.4 Å². The van der Waals surface area contributed by atoms with Crippen molar-refractivity contribution in [2.45, 2.75) is 32.9 Å². The van der Waals surface area contributed by atoms with Gasteiger partial charge in [0.05, 0.1) is 18.4 Å². The molecule has 3 aromatic rings. The number of aryl methyl sites for hydroxylation is 2. The minimum atomic E-state index is -0.655. The first-order valence-corrected chi connectivity index (χ1v) is 7.37. The van der Waals surface area contributed by atoms with Gasteiger partial charge in [-0.25, -0.2) is 4.68 Å². The Bertz CT molecular complexity index is 933. The number of ether oxygens (including phenoxy) is 1. The zero-order chi connectivity index (χ0) is 17.1. The molecule has 124 valence electrons. The van der Waals surface area contributed by atoms with Gasteiger partial charge in [-0.05, 0) is 26.0 Å². The minimum Gasteiger partial charge on any atom is -0.452 e. The first-order chi connectivity index (χ1) is 11.5. The van der Waals surface area contributed by atoms with Crippen LogP contribution in [0.15, 0.2) is 33.6 Å². The van der Waals surface area contributed by atoms with Crippen LogP contribution in [0.1, 0.15) is 31.2 Å². The van der Waals surface area contributed by atoms with Crippen molar-refractivity contribution in [3.63, 3.8) is 0 Å². The first kappa shape index (κ1) is 15.8. The monoisotopic (exact) mass is 329 g/mol. The van der Waals surface area contributed by atoms with Crippen LogP contribution in [-0.4, -0.2) is 31.1 Å². The first-order valence-electron chi connectivity index (χ1n) is 7.37. The van der Waals surface area contributed by atoms with Crippen LogP contribution in [0.5, 0.6) is 0 Å². The van der Waals surface area contributed by atoms with E-state index in [0.29, 0.717) is 16.7 Å². The molecule has 0 saturated carbocycles. The van der Waals surface area contributed by atoms with Crippen molar-refractivity contribution in [2.24, 2.45) is 0 Å². The van der Waals surface area contributed by atoms with Gasteiger partial charge in [0, 0.05) is 0 Å². The molecule has 0 aliphatic carbocycles. The van der Waals surface area contributed by atoms with Crippen LogP contribution in [0.3, 0.4) is 0 Å². The summed E-state index contributed by atoms with van der Waals surface area (Å²) in [4.78, 5) is 28.2. The predicted molar refractivity (Wildman–Crippen MR) is 82.0 cm³/mol. The molecule has 2 heterocycles. The highest BCUT2D eigenvalue weighted by atomic mass is 16.6. The molecule has 1 atom stereocenters. The zero-order valence-corrected chi connectivity index (χ0v) is 13.2. The van der Waals surface area contributed by atoms with Gasteiger partial charge < -0.3 is 9.26 Å². The van der Waals surface area contributed by atoms with Gasteiger partial charge in [-0.15, -0.1) is 5.10 Å². The van der Waals surface area contributed by atoms with Crippen LogP contribution in [0.2, 0.25) is 0 Å². The molecule has 0 bridgehead atoms. The molecule has 0 amide bonds. The average molecular weight is 329 g/mol. The smallest absolute Gasteiger partial charge is 0.308 e. The Kier molecular flexibility index (Phi) is 4.32. The number of carbonyl (C=O) groups excluding carboxylic acids is 1. The zero-order valence-electron chi connectivity index (χ0n) is 13.2. The van der Waals surface area contributed by atoms with E-state index in [0.717, 1.165) is 4.68 Å². The van der Waals surface area contributed by atoms with Crippen LogP contribution < -0.4 is 5.56 Å². The second kappa shape index (κ2) is 6.57. The molecule has 0 aliphatic heterocycles. The molecule has 0 saturated heterocycles. The second-order valence-corrected chi connectivity index (χ2v) is 5.20. The lowest BCUT2D eigenvalue weighted by Crippen LogP contribution is -2.26. The standard InChI is InChI=1S/C15H15N5O4/c1-9(14-16-10(2)18-24-14)23-13(21)7-8-20-15(22)11-5-3-4-6-12(11)17-19-20/h3-6,9H,7-8H2,1-2H3. The summed E-state index contributed by atoms with van der Waals surface area (Å²) in [6.45, 7) is 3.38. The lowest BCUT2D eigenvalue weighted by Gasteiger charge is -2.09. The van der Waals surface area contributed by atoms with Crippen LogP contribution in [0, 0.1) is 6.92 Å². The Morgan fingerprint density at radius 3 is 2.92 bits per heavy atom. The highest BCUT2D eigenvalue weighted by Gasteiger charge is 2.18. The summed E-state index contributed by atoms with van der Waals surface area (Å²) in [5.74, 6) is 0.189. The fourth-order valence-electron chi connectivity index (χ4n) is 2.15. The maximum atomic E-state index is 12.3. The maximum absolute atomic E-state index is 12.3. The Morgan fingerprint density at radius 1 is 1.38 bits per heavy atom. The lowest BCUT2D eigenvalue weighted by atomic mass is 10.2. The largest absolute Gasteiger partial charge is 0.452 e. The van der Waals surface area contributed by atoms with Gasteiger partial charge in [-0.1, -0.05) is 22.5 Å². The number of fused-ring (bicyclic) bond motifs is 1. The molecular weight excluding hydrogens is 314 g/mol. The minimum absolute atomic E-state index is 0.0234. The van der Waals surface area contributed by atoms with Crippen molar-refractivity contribution in [1.29, 1.82) is 0 Å². The van der Waals surface area contributed by atoms with Gasteiger partial charge >= 0.3 is 5.97 Å². The van der Waals surface area contributed by atoms with Crippen molar-refractivity contribution in [3.05, 3.63) is 46.3 Å². The number of esters is 1. The van der Waals surface area contributed by atoms with Crippen molar-refractivity contribution >= 4 is 16.9 Å². The molecule has 3 rings (SSSR count). The van der Waals surface area contributed by atoms with E-state index < -0.39 is 12.1 Å². The molecule has 9 heteroatoms. The van der Waals surface area contributed by atoms with Gasteiger partial charge in [0.25, 0.3) is 11.4 Å². The topological polar surface area (TPSA) is 113 Å². The molecule has 24 heavy (non-hydrogen) atoms. The van der Waals surface area contributed by atoms with Crippen molar-refractivity contribution < 1.29 is 14.1 Å². The highest BCUT2D eigenvalue weighted by molar-refractivity contribution is 5.76. The number of hydrogen-bond acceptors (Lipinski definition) is 8. The summed E-state index contributed by atoms with van der Waals surface area (Å²) >= 11 is 0. The predicted octanol–water partition coefficient (Wildman–Crippen LogP) is 1.18. The lowest BCUT2D eigenvalue weighted by molar-refractivity contribution is -0.150. The van der Waals surface area contributed by atoms with Crippen LogP contribution in [-0.2, 0) is 16.1 Å². The van der Waals surface area contributed by atoms with Gasteiger partial charge in [0.1, 0.15) is 5.52 Å². The third kappa shape index (κ3) is 3.29. The Hall–Kier alpha value is -3.10. The summed E-state index contributed by atoms with van der Waals surface area (Å²) in [6, 6.07) is 6.90. The Balaban J connectivity index is 1.64. The normalized spacial score (nSPS) is 12.2. The third-order valence-corrected chi connectivity index (χ3v) is 3.36. The van der Waals surface area contributed by atoms with Gasteiger partial charge in [-0.3, -0.25) is 9.59 Å². The summed E-state index contributed by atoms with van der Waals surface area (Å²) in [6.07, 6.45) is -0.678. The summed E-state index contributed by atoms with van der Waals surface area (Å²) in [7, 11) is 0. The van der Waals surface area contributed by atoms with Gasteiger partial charge in [-0.2, -0.15) is 4.98 Å². The van der Waals surface area contributed by atoms with E-state index in [9.17, 15) is 9.59 Å². The number of benzene rings is 1. The number of hydrogen-bond donors (Lipinski definition) is 0. The molecular formula is C15H15N5O4. The quantitative estimate of drug-likeness (QED) is 0.641. The Morgan fingerprint density at radius 2 is 2.17 bits per heavy atom. The molecule has 9 nitrogen and oxygen atoms in total. The maximum Gasteiger partial charge on any atom is 0.308 e. The van der Waals surface area contributed by atoms with E-state index in [1.807, 2.05) is 0 Å². The molecule has 2 aromatic heterocycles. The molecule has 0 N–H and O–H groups in total. The molecule has 1 unspecified atom stereocenters. The number of aromatic nitrogens is 5. The number of carbonyl (C=O) groups is 1. The summed E-state index contributed by atoms with van der Waals surface area (Å²) < 4.78 is 11.3. The SMILES string of the molecule is Cc1noc(C(C)OC(=O)CCn2nnc3ccccc3c2=O)n1. The fraction of sp³-hybridized carbons (Fsp3) is 0.333. The highest BCUT2D eigenvalue weighted by Crippen LogP contribution is 2.15. The van der Waals surface area contributed by atoms with E-state index in [4.69, 9.17) is 9.26 Å². The van der Waals surface area contributed by atoms with Crippen molar-refractivity contribution in [1.82, 2.24) is 25.1 Å². The van der Waals surface area contributed by atoms with Crippen LogP contribution in [0.4, 0.5) is 0 Å². The average Bonchev–Trinajstić information content (AvgIpc) is 3.01. The molecule has 0 fully saturated rings. The van der Waals surface area contributed by atoms with E-state index in [1.165, 1.54) is 0 Å². The third-order valence-electron chi connectivity index (χ3n) is 3.36. The molecule has 0 spiro atoms. The van der Waals surface area contributed by atoms with E-state index in [1.54, 1.807) is 38.1 Å². The van der Waals surface area contributed by atoms with E-state index in [2.05, 4.69) is 20.5 Å². The number of nitrogens with zero attached hydrogens (tertiary/aromatic N) is 5. The van der Waals surface area contributed by atoms with Crippen molar-refractivity contribution in [3.8, 4) is 0 Å². The number of rotatable bonds is 5. The van der Waals surface area contributed by atoms with E-state index >= 15 is 0 Å². The van der Waals surface area contributed by atoms with Crippen LogP contribution in [0.25, 0.3) is 10.9 Å². The van der Waals surface area contributed by atoms with Crippen molar-refractivity contribution in [2.75, 3.05) is 0 Å².